The van der Waals surface area contributed by atoms with Crippen LogP contribution in [0.2, 0.25) is 5.75 Å². The van der Waals surface area contributed by atoms with Gasteiger partial charge in [0, 0.05) is 0 Å². The number of hydrogen-bond acceptors (Lipinski definition) is 3. The summed E-state index contributed by atoms with van der Waals surface area (Å²) < 4.78 is 23.9. The number of rotatable bonds is 4. The first-order valence-electron chi connectivity index (χ1n) is 10.5. The number of hydrogen-bond donors (Lipinski definition) is 0. The second kappa shape index (κ2) is 7.75. The van der Waals surface area contributed by atoms with Gasteiger partial charge in [-0.1, -0.05) is 0 Å². The zero-order chi connectivity index (χ0) is 19.7. The molecular weight excluding hydrogens is 391 g/mol. The van der Waals surface area contributed by atoms with E-state index in [1.54, 1.807) is 11.8 Å². The number of anilines is 2. The van der Waals surface area contributed by atoms with E-state index in [2.05, 4.69) is 53.2 Å². The maximum atomic E-state index is 7.65. The number of piperidine rings is 1. The molecule has 0 amide bonds. The zero-order valence-electron chi connectivity index (χ0n) is 17.6. The van der Waals surface area contributed by atoms with Gasteiger partial charge in [-0.3, -0.25) is 0 Å². The quantitative estimate of drug-likeness (QED) is 0.671. The summed E-state index contributed by atoms with van der Waals surface area (Å²) in [6, 6.07) is 15.4. The van der Waals surface area contributed by atoms with Crippen molar-refractivity contribution < 1.29 is 4.11 Å². The molecule has 0 N–H and O–H groups in total. The van der Waals surface area contributed by atoms with E-state index >= 15 is 0 Å². The van der Waals surface area contributed by atoms with Gasteiger partial charge < -0.3 is 0 Å². The molecule has 0 aromatic heterocycles. The van der Waals surface area contributed by atoms with Crippen LogP contribution in [0.25, 0.3) is 0 Å². The van der Waals surface area contributed by atoms with Crippen molar-refractivity contribution >= 4 is 42.6 Å². The molecule has 4 rings (SSSR count). The van der Waals surface area contributed by atoms with Gasteiger partial charge >= 0.3 is 166 Å². The summed E-state index contributed by atoms with van der Waals surface area (Å²) in [6.45, 7) is 2.16. The molecule has 1 atom stereocenters. The van der Waals surface area contributed by atoms with E-state index in [-0.39, 0.29) is 0 Å². The number of likely N-dealkylation sites (tertiary alicyclic amines) is 1. The van der Waals surface area contributed by atoms with Crippen LogP contribution in [0.5, 0.6) is 0 Å². The van der Waals surface area contributed by atoms with E-state index in [0.29, 0.717) is 6.04 Å². The molecule has 2 nitrogen and oxygen atoms in total. The minimum absolute atomic E-state index is 0.515. The fraction of sp³-hybridized carbons (Fsp3) is 0.429. The van der Waals surface area contributed by atoms with Crippen LogP contribution in [-0.4, -0.2) is 46.0 Å². The molecule has 2 aliphatic rings. The van der Waals surface area contributed by atoms with E-state index in [4.69, 9.17) is 4.11 Å². The van der Waals surface area contributed by atoms with Gasteiger partial charge in [0.2, 0.25) is 0 Å². The van der Waals surface area contributed by atoms with Crippen molar-refractivity contribution in [1.29, 1.82) is 0 Å². The maximum absolute atomic E-state index is 7.65. The van der Waals surface area contributed by atoms with Gasteiger partial charge in [0.05, 0.1) is 0 Å². The van der Waals surface area contributed by atoms with Gasteiger partial charge in [-0.15, -0.1) is 0 Å². The number of nitrogens with zero attached hydrogens (tertiary/aromatic N) is 2. The molecule has 2 heterocycles. The van der Waals surface area contributed by atoms with Crippen LogP contribution >= 0.6 is 11.8 Å². The van der Waals surface area contributed by atoms with Crippen molar-refractivity contribution in [3.63, 3.8) is 0 Å². The van der Waals surface area contributed by atoms with Crippen LogP contribution in [0, 0.1) is 0 Å². The summed E-state index contributed by atoms with van der Waals surface area (Å²) in [4.78, 5) is 7.42. The van der Waals surface area contributed by atoms with Gasteiger partial charge in [-0.25, -0.2) is 0 Å². The predicted octanol–water partition coefficient (Wildman–Crippen LogP) is 4.54. The Morgan fingerprint density at radius 2 is 2.04 bits per heavy atom. The minimum atomic E-state index is -1.88. The Hall–Kier alpha value is -0.931. The van der Waals surface area contributed by atoms with Gasteiger partial charge in [0.1, 0.15) is 0 Å². The first-order chi connectivity index (χ1) is 13.4. The van der Waals surface area contributed by atoms with Crippen LogP contribution < -0.4 is 9.36 Å². The summed E-state index contributed by atoms with van der Waals surface area (Å²) >= 11 is 1.27. The van der Waals surface area contributed by atoms with Crippen LogP contribution in [0.15, 0.2) is 52.3 Å². The standard InChI is InChI=1S/C21H26N2SSe/c1-22-13-6-5-7-16(22)12-14-23-18-8-3-4-9-20(18)24-21-11-10-17(25-2)15-19(21)23/h3-4,8-11,15-16H,5-7,12-14H2,1-2H3/i2D3. The monoisotopic (exact) mass is 421 g/mol. The second-order valence-electron chi connectivity index (χ2n) is 6.87. The Morgan fingerprint density at radius 1 is 1.16 bits per heavy atom. The summed E-state index contributed by atoms with van der Waals surface area (Å²) in [5, 5.41) is 0. The third kappa shape index (κ3) is 3.64. The van der Waals surface area contributed by atoms with Gasteiger partial charge in [0.25, 0.3) is 0 Å². The van der Waals surface area contributed by atoms with Gasteiger partial charge in [-0.2, -0.15) is 0 Å². The van der Waals surface area contributed by atoms with Gasteiger partial charge in [0.15, 0.2) is 0 Å². The molecule has 25 heavy (non-hydrogen) atoms. The number of para-hydroxylation sites is 1. The van der Waals surface area contributed by atoms with Crippen LogP contribution in [-0.2, 0) is 0 Å². The molecule has 4 heteroatoms. The molecule has 2 aromatic rings. The third-order valence-electron chi connectivity index (χ3n) is 5.32. The molecule has 0 radical (unpaired) electrons. The van der Waals surface area contributed by atoms with Crippen molar-refractivity contribution in [2.24, 2.45) is 0 Å². The Labute approximate surface area is 166 Å². The van der Waals surface area contributed by atoms with E-state index in [0.717, 1.165) is 17.4 Å². The molecule has 1 fully saturated rings. The average Bonchev–Trinajstić information content (AvgIpc) is 2.65. The molecule has 2 aromatic carbocycles. The SMILES string of the molecule is [2H]C([2H])([2H])[Se]c1ccc2c(c1)N(CCC1CCCCN1C)c1ccccc1S2. The number of benzene rings is 2. The summed E-state index contributed by atoms with van der Waals surface area (Å²) in [5.74, 6) is -1.88. The molecule has 0 spiro atoms. The molecule has 1 unspecified atom stereocenters. The van der Waals surface area contributed by atoms with Crippen molar-refractivity contribution in [2.45, 2.75) is 47.3 Å². The number of fused-ring (bicyclic) bond motifs is 2. The Kier molecular flexibility index (Phi) is 4.39. The van der Waals surface area contributed by atoms with Crippen molar-refractivity contribution in [2.75, 3.05) is 25.0 Å². The summed E-state index contributed by atoms with van der Waals surface area (Å²) in [5.41, 5.74) is 2.42. The average molecular weight is 420 g/mol. The second-order valence-corrected chi connectivity index (χ2v) is 9.37. The molecule has 1 saturated heterocycles. The zero-order valence-corrected chi connectivity index (χ0v) is 17.1. The van der Waals surface area contributed by atoms with E-state index < -0.39 is 20.7 Å². The van der Waals surface area contributed by atoms with Crippen molar-refractivity contribution in [3.05, 3.63) is 42.5 Å². The van der Waals surface area contributed by atoms with Gasteiger partial charge in [-0.05, 0) is 0 Å². The molecular formula is C21H26N2SSe. The third-order valence-corrected chi connectivity index (χ3v) is 7.48. The normalized spacial score (nSPS) is 22.5. The first-order valence-corrected chi connectivity index (χ1v) is 11.5. The van der Waals surface area contributed by atoms with Crippen molar-refractivity contribution in [1.82, 2.24) is 4.90 Å². The van der Waals surface area contributed by atoms with E-state index in [9.17, 15) is 0 Å². The topological polar surface area (TPSA) is 6.48 Å². The molecule has 0 saturated carbocycles. The Bertz CT molecular complexity index is 843. The molecule has 132 valence electrons. The fourth-order valence-corrected chi connectivity index (χ4v) is 5.62. The Balaban J connectivity index is 1.63. The molecule has 2 aliphatic heterocycles. The van der Waals surface area contributed by atoms with Crippen LogP contribution in [0.4, 0.5) is 11.4 Å². The predicted molar refractivity (Wildman–Crippen MR) is 110 cm³/mol. The van der Waals surface area contributed by atoms with Crippen LogP contribution in [0.1, 0.15) is 29.8 Å². The fourth-order valence-electron chi connectivity index (χ4n) is 3.90. The Morgan fingerprint density at radius 3 is 2.92 bits per heavy atom. The summed E-state index contributed by atoms with van der Waals surface area (Å²) in [6.07, 6.45) is 5.03. The van der Waals surface area contributed by atoms with E-state index in [1.807, 2.05) is 6.07 Å². The van der Waals surface area contributed by atoms with Crippen molar-refractivity contribution in [3.8, 4) is 0 Å². The van der Waals surface area contributed by atoms with E-state index in [1.165, 1.54) is 47.0 Å². The molecule has 0 bridgehead atoms. The van der Waals surface area contributed by atoms with Crippen LogP contribution in [0.3, 0.4) is 0 Å². The summed E-state index contributed by atoms with van der Waals surface area (Å²) in [7, 11) is 2.24. The first kappa shape index (κ1) is 14.2. The molecule has 0 aliphatic carbocycles.